The first-order chi connectivity index (χ1) is 17.9. The maximum atomic E-state index is 14.1. The number of likely N-dealkylation sites (tertiary alicyclic amines) is 1. The molecule has 0 radical (unpaired) electrons. The number of anilines is 1. The molecule has 1 aliphatic heterocycles. The molecule has 4 heterocycles. The third kappa shape index (κ3) is 6.00. The Morgan fingerprint density at radius 2 is 2.14 bits per heavy atom. The first-order valence-corrected chi connectivity index (χ1v) is 12.6. The van der Waals surface area contributed by atoms with Crippen LogP contribution in [0.2, 0.25) is 0 Å². The van der Waals surface area contributed by atoms with Crippen LogP contribution in [0, 0.1) is 5.82 Å². The minimum absolute atomic E-state index is 0.171. The topological polar surface area (TPSA) is 105 Å². The molecular weight excluding hydrogens is 493 g/mol. The van der Waals surface area contributed by atoms with E-state index in [0.717, 1.165) is 17.8 Å². The van der Waals surface area contributed by atoms with Crippen LogP contribution >= 0.6 is 11.3 Å². The van der Waals surface area contributed by atoms with Gasteiger partial charge in [-0.2, -0.15) is 0 Å². The Morgan fingerprint density at radius 3 is 2.89 bits per heavy atom. The van der Waals surface area contributed by atoms with E-state index >= 15 is 0 Å². The predicted molar refractivity (Wildman–Crippen MR) is 143 cm³/mol. The lowest BCUT2D eigenvalue weighted by molar-refractivity contribution is -0.135. The van der Waals surface area contributed by atoms with Crippen molar-refractivity contribution in [2.75, 3.05) is 18.4 Å². The molecule has 1 fully saturated rings. The van der Waals surface area contributed by atoms with Crippen molar-refractivity contribution in [2.24, 2.45) is 0 Å². The van der Waals surface area contributed by atoms with Gasteiger partial charge in [-0.3, -0.25) is 14.6 Å². The fourth-order valence-electron chi connectivity index (χ4n) is 4.16. The zero-order valence-electron chi connectivity index (χ0n) is 20.5. The van der Waals surface area contributed by atoms with Gasteiger partial charge in [0.25, 0.3) is 0 Å². The van der Waals surface area contributed by atoms with Crippen LogP contribution in [-0.4, -0.2) is 55.4 Å². The molecule has 0 spiro atoms. The molecule has 2 amide bonds. The molecule has 1 unspecified atom stereocenters. The maximum absolute atomic E-state index is 14.1. The summed E-state index contributed by atoms with van der Waals surface area (Å²) in [4.78, 5) is 39.7. The molecule has 3 aromatic heterocycles. The third-order valence-electron chi connectivity index (χ3n) is 5.92. The molecule has 0 aliphatic carbocycles. The van der Waals surface area contributed by atoms with Crippen molar-refractivity contribution >= 4 is 40.4 Å². The summed E-state index contributed by atoms with van der Waals surface area (Å²) in [5.41, 5.74) is 2.56. The summed E-state index contributed by atoms with van der Waals surface area (Å²) in [5.74, 6) is -0.795. The fraction of sp³-hybridized carbons (Fsp3) is 0.269. The number of imidazole rings is 1. The Hall–Kier alpha value is -4.12. The van der Waals surface area contributed by atoms with E-state index in [1.54, 1.807) is 35.8 Å². The zero-order valence-corrected chi connectivity index (χ0v) is 21.3. The van der Waals surface area contributed by atoms with Gasteiger partial charge in [-0.1, -0.05) is 24.5 Å². The van der Waals surface area contributed by atoms with E-state index in [0.29, 0.717) is 41.8 Å². The molecule has 1 atom stereocenters. The molecule has 0 saturated carbocycles. The summed E-state index contributed by atoms with van der Waals surface area (Å²) >= 11 is 1.30. The number of thiazole rings is 1. The van der Waals surface area contributed by atoms with Crippen LogP contribution < -0.4 is 10.6 Å². The molecule has 192 valence electrons. The van der Waals surface area contributed by atoms with Gasteiger partial charge < -0.3 is 20.1 Å². The van der Waals surface area contributed by atoms with E-state index in [-0.39, 0.29) is 17.5 Å². The highest BCUT2D eigenvalue weighted by Gasteiger charge is 2.32. The summed E-state index contributed by atoms with van der Waals surface area (Å²) in [6.07, 6.45) is 11.1. The SMILES string of the molecule is C=CC(=O)N1CCCC1C(=O)NCCn1cnc(C=C)c1/C=C(\C)Nc1ncc(-c2ncccc2F)s1. The van der Waals surface area contributed by atoms with Crippen LogP contribution in [0.15, 0.2) is 55.8 Å². The largest absolute Gasteiger partial charge is 0.353 e. The van der Waals surface area contributed by atoms with Crippen molar-refractivity contribution in [1.29, 1.82) is 0 Å². The first kappa shape index (κ1) is 26.0. The number of halogens is 1. The first-order valence-electron chi connectivity index (χ1n) is 11.8. The van der Waals surface area contributed by atoms with Crippen LogP contribution in [-0.2, 0) is 16.1 Å². The minimum atomic E-state index is -0.467. The summed E-state index contributed by atoms with van der Waals surface area (Å²) in [7, 11) is 0. The number of rotatable bonds is 10. The number of pyridine rings is 1. The number of aromatic nitrogens is 4. The number of allylic oxidation sites excluding steroid dienone is 1. The number of nitrogens with zero attached hydrogens (tertiary/aromatic N) is 5. The van der Waals surface area contributed by atoms with Gasteiger partial charge in [-0.15, -0.1) is 0 Å². The van der Waals surface area contributed by atoms with Gasteiger partial charge >= 0.3 is 0 Å². The average molecular weight is 522 g/mol. The van der Waals surface area contributed by atoms with Crippen molar-refractivity contribution in [3.8, 4) is 10.6 Å². The van der Waals surface area contributed by atoms with Crippen LogP contribution in [0.3, 0.4) is 0 Å². The Labute approximate surface area is 218 Å². The summed E-state index contributed by atoms with van der Waals surface area (Å²) in [5, 5.41) is 6.76. The van der Waals surface area contributed by atoms with Gasteiger partial charge in [-0.25, -0.2) is 14.4 Å². The van der Waals surface area contributed by atoms with Crippen LogP contribution in [0.4, 0.5) is 9.52 Å². The Morgan fingerprint density at radius 1 is 1.30 bits per heavy atom. The number of hydrogen-bond donors (Lipinski definition) is 2. The van der Waals surface area contributed by atoms with Crippen molar-refractivity contribution in [1.82, 2.24) is 29.7 Å². The van der Waals surface area contributed by atoms with E-state index in [1.165, 1.54) is 23.5 Å². The van der Waals surface area contributed by atoms with Crippen molar-refractivity contribution < 1.29 is 14.0 Å². The van der Waals surface area contributed by atoms with Crippen molar-refractivity contribution in [3.05, 3.63) is 73.0 Å². The van der Waals surface area contributed by atoms with Gasteiger partial charge in [0.1, 0.15) is 17.6 Å². The quantitative estimate of drug-likeness (QED) is 0.392. The summed E-state index contributed by atoms with van der Waals surface area (Å²) in [6, 6.07) is 2.45. The van der Waals surface area contributed by atoms with Gasteiger partial charge in [0.2, 0.25) is 11.8 Å². The predicted octanol–water partition coefficient (Wildman–Crippen LogP) is 3.95. The van der Waals surface area contributed by atoms with Crippen molar-refractivity contribution in [3.63, 3.8) is 0 Å². The number of nitrogens with one attached hydrogen (secondary N) is 2. The molecule has 11 heteroatoms. The smallest absolute Gasteiger partial charge is 0.246 e. The Kier molecular flexibility index (Phi) is 8.24. The molecule has 0 aromatic carbocycles. The van der Waals surface area contributed by atoms with E-state index in [4.69, 9.17) is 0 Å². The monoisotopic (exact) mass is 521 g/mol. The second kappa shape index (κ2) is 11.7. The summed E-state index contributed by atoms with van der Waals surface area (Å²) < 4.78 is 16.0. The molecule has 1 saturated heterocycles. The molecule has 4 rings (SSSR count). The lowest BCUT2D eigenvalue weighted by Gasteiger charge is -2.22. The van der Waals surface area contributed by atoms with Gasteiger partial charge in [0, 0.05) is 37.7 Å². The number of carbonyl (C=O) groups is 2. The Balaban J connectivity index is 1.40. The molecule has 3 aromatic rings. The van der Waals surface area contributed by atoms with Crippen molar-refractivity contribution in [2.45, 2.75) is 32.4 Å². The minimum Gasteiger partial charge on any atom is -0.353 e. The number of carbonyl (C=O) groups excluding carboxylic acids is 2. The molecule has 1 aliphatic rings. The molecular formula is C26H28FN7O2S. The zero-order chi connectivity index (χ0) is 26.4. The van der Waals surface area contributed by atoms with Crippen LogP contribution in [0.1, 0.15) is 31.2 Å². The molecule has 0 bridgehead atoms. The van der Waals surface area contributed by atoms with E-state index < -0.39 is 11.9 Å². The highest BCUT2D eigenvalue weighted by molar-refractivity contribution is 7.18. The Bertz CT molecular complexity index is 1350. The average Bonchev–Trinajstić information content (AvgIpc) is 3.64. The molecule has 9 nitrogen and oxygen atoms in total. The highest BCUT2D eigenvalue weighted by atomic mass is 32.1. The molecule has 37 heavy (non-hydrogen) atoms. The highest BCUT2D eigenvalue weighted by Crippen LogP contribution is 2.30. The third-order valence-corrected chi connectivity index (χ3v) is 6.84. The van der Waals surface area contributed by atoms with Gasteiger partial charge in [0.15, 0.2) is 5.13 Å². The lowest BCUT2D eigenvalue weighted by atomic mass is 10.2. The van der Waals surface area contributed by atoms with Gasteiger partial charge in [0.05, 0.1) is 22.6 Å². The van der Waals surface area contributed by atoms with E-state index in [1.807, 2.05) is 17.6 Å². The fourth-order valence-corrected chi connectivity index (χ4v) is 5.03. The standard InChI is InChI=1S/C26H28FN7O2S/c1-4-19-21(14-17(3)32-26-30-15-22(37-26)24-18(27)8-6-10-28-24)33(16-31-19)13-11-29-25(36)20-9-7-12-34(20)23(35)5-2/h4-6,8,10,14-16,20H,1-2,7,9,11-13H2,3H3,(H,29,36)(H,30,32)/b17-14+. The second-order valence-corrected chi connectivity index (χ2v) is 9.44. The second-order valence-electron chi connectivity index (χ2n) is 8.41. The van der Waals surface area contributed by atoms with E-state index in [9.17, 15) is 14.0 Å². The lowest BCUT2D eigenvalue weighted by Crippen LogP contribution is -2.46. The summed E-state index contributed by atoms with van der Waals surface area (Å²) in [6.45, 7) is 10.7. The van der Waals surface area contributed by atoms with Crippen LogP contribution in [0.25, 0.3) is 22.7 Å². The normalized spacial score (nSPS) is 15.5. The van der Waals surface area contributed by atoms with Gasteiger partial charge in [-0.05, 0) is 50.1 Å². The number of hydrogen-bond acceptors (Lipinski definition) is 7. The van der Waals surface area contributed by atoms with Crippen LogP contribution in [0.5, 0.6) is 0 Å². The maximum Gasteiger partial charge on any atom is 0.246 e. The van der Waals surface area contributed by atoms with E-state index in [2.05, 4.69) is 38.7 Å². The molecule has 2 N–H and O–H groups in total. The number of amides is 2.